The molecule has 1 aromatic carbocycles. The molecule has 1 nitrogen and oxygen atoms in total. The predicted molar refractivity (Wildman–Crippen MR) is 53.4 cm³/mol. The first-order chi connectivity index (χ1) is 6.27. The van der Waals surface area contributed by atoms with Crippen LogP contribution in [0.5, 0.6) is 0 Å². The van der Waals surface area contributed by atoms with Crippen molar-refractivity contribution in [3.8, 4) is 0 Å². The van der Waals surface area contributed by atoms with Crippen LogP contribution in [0, 0.1) is 11.7 Å². The molecule has 68 valence electrons. The van der Waals surface area contributed by atoms with Gasteiger partial charge in [-0.2, -0.15) is 0 Å². The molecule has 1 aliphatic heterocycles. The zero-order chi connectivity index (χ0) is 9.00. The first-order valence-electron chi connectivity index (χ1n) is 4.49. The SMILES string of the molecule is Fc1ccc(Br)c2c1C1CC1CN2. The van der Waals surface area contributed by atoms with Crippen molar-refractivity contribution in [3.63, 3.8) is 0 Å². The summed E-state index contributed by atoms with van der Waals surface area (Å²) < 4.78 is 14.4. The van der Waals surface area contributed by atoms with Gasteiger partial charge in [-0.25, -0.2) is 4.39 Å². The lowest BCUT2D eigenvalue weighted by molar-refractivity contribution is 0.603. The number of nitrogens with one attached hydrogen (secondary N) is 1. The average Bonchev–Trinajstić information content (AvgIpc) is 2.89. The van der Waals surface area contributed by atoms with Crippen LogP contribution in [-0.2, 0) is 0 Å². The third-order valence-corrected chi connectivity index (χ3v) is 3.64. The molecule has 1 aromatic rings. The van der Waals surface area contributed by atoms with E-state index in [4.69, 9.17) is 0 Å². The van der Waals surface area contributed by atoms with Crippen molar-refractivity contribution in [2.24, 2.45) is 5.92 Å². The summed E-state index contributed by atoms with van der Waals surface area (Å²) in [6, 6.07) is 3.31. The lowest BCUT2D eigenvalue weighted by atomic mass is 10.0. The lowest BCUT2D eigenvalue weighted by Crippen LogP contribution is -2.13. The lowest BCUT2D eigenvalue weighted by Gasteiger charge is -2.19. The molecule has 3 heteroatoms. The van der Waals surface area contributed by atoms with E-state index >= 15 is 0 Å². The molecule has 0 amide bonds. The Bertz CT molecular complexity index is 377. The van der Waals surface area contributed by atoms with Crippen LogP contribution in [0.4, 0.5) is 10.1 Å². The number of rotatable bonds is 0. The number of halogens is 2. The van der Waals surface area contributed by atoms with E-state index in [1.807, 2.05) is 0 Å². The Hall–Kier alpha value is -0.570. The normalized spacial score (nSPS) is 28.8. The molecule has 2 unspecified atom stereocenters. The van der Waals surface area contributed by atoms with Gasteiger partial charge in [0.05, 0.1) is 5.69 Å². The molecule has 3 rings (SSSR count). The highest BCUT2D eigenvalue weighted by Gasteiger charge is 2.44. The first kappa shape index (κ1) is 7.80. The zero-order valence-electron chi connectivity index (χ0n) is 6.98. The standard InChI is InChI=1S/C10H9BrFN/c11-7-1-2-8(12)9-6-3-5(6)4-13-10(7)9/h1-2,5-6,13H,3-4H2. The second-order valence-corrected chi connectivity index (χ2v) is 4.66. The van der Waals surface area contributed by atoms with Crippen molar-refractivity contribution in [2.75, 3.05) is 11.9 Å². The van der Waals surface area contributed by atoms with Gasteiger partial charge in [0.1, 0.15) is 5.82 Å². The van der Waals surface area contributed by atoms with E-state index in [0.29, 0.717) is 11.8 Å². The molecule has 0 bridgehead atoms. The monoisotopic (exact) mass is 241 g/mol. The van der Waals surface area contributed by atoms with Crippen LogP contribution in [0.25, 0.3) is 0 Å². The van der Waals surface area contributed by atoms with Crippen LogP contribution in [0.1, 0.15) is 17.9 Å². The van der Waals surface area contributed by atoms with Gasteiger partial charge in [-0.3, -0.25) is 0 Å². The van der Waals surface area contributed by atoms with E-state index in [0.717, 1.165) is 28.7 Å². The largest absolute Gasteiger partial charge is 0.384 e. The van der Waals surface area contributed by atoms with Gasteiger partial charge in [0.25, 0.3) is 0 Å². The maximum atomic E-state index is 13.5. The maximum Gasteiger partial charge on any atom is 0.128 e. The fraction of sp³-hybridized carbons (Fsp3) is 0.400. The topological polar surface area (TPSA) is 12.0 Å². The summed E-state index contributed by atoms with van der Waals surface area (Å²) in [6.45, 7) is 1.000. The maximum absolute atomic E-state index is 13.5. The summed E-state index contributed by atoms with van der Waals surface area (Å²) in [5, 5.41) is 3.28. The van der Waals surface area contributed by atoms with Gasteiger partial charge < -0.3 is 5.32 Å². The minimum absolute atomic E-state index is 0.0575. The molecular weight excluding hydrogens is 233 g/mol. The Morgan fingerprint density at radius 3 is 3.15 bits per heavy atom. The molecule has 13 heavy (non-hydrogen) atoms. The Morgan fingerprint density at radius 2 is 2.31 bits per heavy atom. The summed E-state index contributed by atoms with van der Waals surface area (Å²) >= 11 is 3.43. The van der Waals surface area contributed by atoms with Crippen molar-refractivity contribution < 1.29 is 4.39 Å². The van der Waals surface area contributed by atoms with Crippen LogP contribution in [0.2, 0.25) is 0 Å². The van der Waals surface area contributed by atoms with E-state index in [1.54, 1.807) is 12.1 Å². The summed E-state index contributed by atoms with van der Waals surface area (Å²) in [7, 11) is 0. The average molecular weight is 242 g/mol. The molecule has 1 aliphatic carbocycles. The zero-order valence-corrected chi connectivity index (χ0v) is 8.57. The number of benzene rings is 1. The predicted octanol–water partition coefficient (Wildman–Crippen LogP) is 3.12. The molecule has 0 aromatic heterocycles. The summed E-state index contributed by atoms with van der Waals surface area (Å²) in [4.78, 5) is 0. The molecule has 1 saturated carbocycles. The van der Waals surface area contributed by atoms with Gasteiger partial charge in [-0.1, -0.05) is 0 Å². The van der Waals surface area contributed by atoms with Gasteiger partial charge in [0, 0.05) is 16.6 Å². The van der Waals surface area contributed by atoms with Crippen molar-refractivity contribution in [1.29, 1.82) is 0 Å². The van der Waals surface area contributed by atoms with E-state index < -0.39 is 0 Å². The summed E-state index contributed by atoms with van der Waals surface area (Å²) in [5.74, 6) is 1.10. The summed E-state index contributed by atoms with van der Waals surface area (Å²) in [5.41, 5.74) is 1.87. The third kappa shape index (κ3) is 1.03. The fourth-order valence-corrected chi connectivity index (χ4v) is 2.66. The number of fused-ring (bicyclic) bond motifs is 3. The second kappa shape index (κ2) is 2.47. The Balaban J connectivity index is 2.22. The highest BCUT2D eigenvalue weighted by molar-refractivity contribution is 9.10. The Kier molecular flexibility index (Phi) is 1.48. The van der Waals surface area contributed by atoms with Crippen molar-refractivity contribution in [2.45, 2.75) is 12.3 Å². The highest BCUT2D eigenvalue weighted by Crippen LogP contribution is 2.54. The quantitative estimate of drug-likeness (QED) is 0.737. The van der Waals surface area contributed by atoms with E-state index in [-0.39, 0.29) is 5.82 Å². The van der Waals surface area contributed by atoms with E-state index in [9.17, 15) is 4.39 Å². The van der Waals surface area contributed by atoms with Gasteiger partial charge in [-0.15, -0.1) is 0 Å². The molecular formula is C10H9BrFN. The molecule has 0 saturated heterocycles. The number of hydrogen-bond donors (Lipinski definition) is 1. The molecule has 0 radical (unpaired) electrons. The first-order valence-corrected chi connectivity index (χ1v) is 5.28. The van der Waals surface area contributed by atoms with Gasteiger partial charge in [0.15, 0.2) is 0 Å². The third-order valence-electron chi connectivity index (χ3n) is 2.98. The minimum Gasteiger partial charge on any atom is -0.384 e. The van der Waals surface area contributed by atoms with Crippen LogP contribution in [0.15, 0.2) is 16.6 Å². The molecule has 1 fully saturated rings. The number of anilines is 1. The van der Waals surface area contributed by atoms with Crippen LogP contribution >= 0.6 is 15.9 Å². The van der Waals surface area contributed by atoms with E-state index in [2.05, 4.69) is 21.2 Å². The van der Waals surface area contributed by atoms with Gasteiger partial charge >= 0.3 is 0 Å². The molecule has 1 heterocycles. The van der Waals surface area contributed by atoms with Crippen LogP contribution < -0.4 is 5.32 Å². The van der Waals surface area contributed by atoms with Crippen LogP contribution in [-0.4, -0.2) is 6.54 Å². The summed E-state index contributed by atoms with van der Waals surface area (Å²) in [6.07, 6.45) is 1.15. The van der Waals surface area contributed by atoms with Gasteiger partial charge in [0.2, 0.25) is 0 Å². The molecule has 1 N–H and O–H groups in total. The Labute approximate surface area is 84.5 Å². The minimum atomic E-state index is -0.0575. The second-order valence-electron chi connectivity index (χ2n) is 3.80. The van der Waals surface area contributed by atoms with Crippen LogP contribution in [0.3, 0.4) is 0 Å². The smallest absolute Gasteiger partial charge is 0.128 e. The molecule has 0 spiro atoms. The van der Waals surface area contributed by atoms with Crippen molar-refractivity contribution >= 4 is 21.6 Å². The molecule has 2 aliphatic rings. The molecule has 2 atom stereocenters. The van der Waals surface area contributed by atoms with E-state index in [1.165, 1.54) is 0 Å². The highest BCUT2D eigenvalue weighted by atomic mass is 79.9. The van der Waals surface area contributed by atoms with Gasteiger partial charge in [-0.05, 0) is 46.3 Å². The van der Waals surface area contributed by atoms with Crippen molar-refractivity contribution in [3.05, 3.63) is 28.0 Å². The number of hydrogen-bond acceptors (Lipinski definition) is 1. The van der Waals surface area contributed by atoms with Crippen molar-refractivity contribution in [1.82, 2.24) is 0 Å². The Morgan fingerprint density at radius 1 is 1.46 bits per heavy atom. The fourth-order valence-electron chi connectivity index (χ4n) is 2.17.